The Morgan fingerprint density at radius 3 is 2.75 bits per heavy atom. The predicted molar refractivity (Wildman–Crippen MR) is 82.3 cm³/mol. The molecule has 100 valence electrons. The highest BCUT2D eigenvalue weighted by Gasteiger charge is 2.15. The summed E-state index contributed by atoms with van der Waals surface area (Å²) < 4.78 is 0. The first-order chi connectivity index (χ1) is 9.54. The molecule has 0 radical (unpaired) electrons. The molecular weight excluding hydrogens is 272 g/mol. The van der Waals surface area contributed by atoms with E-state index in [1.165, 1.54) is 0 Å². The zero-order valence-electron chi connectivity index (χ0n) is 10.9. The number of aromatic nitrogens is 1. The molecule has 4 heteroatoms. The second kappa shape index (κ2) is 4.69. The molecule has 0 atom stereocenters. The van der Waals surface area contributed by atoms with Crippen molar-refractivity contribution in [3.05, 3.63) is 64.3 Å². The van der Waals surface area contributed by atoms with Gasteiger partial charge in [0.2, 0.25) is 0 Å². The van der Waals surface area contributed by atoms with Crippen LogP contribution in [-0.4, -0.2) is 10.8 Å². The molecule has 3 N–H and O–H groups in total. The SMILES string of the molecule is Cc1ccc2c(C(=O)c3cc(N)cc(Cl)c3)c[nH]c2c1. The van der Waals surface area contributed by atoms with Gasteiger partial charge in [-0.05, 0) is 36.8 Å². The average Bonchev–Trinajstić information content (AvgIpc) is 2.79. The molecule has 3 nitrogen and oxygen atoms in total. The van der Waals surface area contributed by atoms with Gasteiger partial charge in [0.15, 0.2) is 5.78 Å². The lowest BCUT2D eigenvalue weighted by Gasteiger charge is -2.03. The number of halogens is 1. The molecule has 2 aromatic carbocycles. The maximum Gasteiger partial charge on any atom is 0.195 e. The molecule has 3 aromatic rings. The lowest BCUT2D eigenvalue weighted by molar-refractivity contribution is 0.104. The fraction of sp³-hybridized carbons (Fsp3) is 0.0625. The van der Waals surface area contributed by atoms with Crippen molar-refractivity contribution in [2.75, 3.05) is 5.73 Å². The molecule has 0 aliphatic heterocycles. The summed E-state index contributed by atoms with van der Waals surface area (Å²) in [5.41, 5.74) is 9.44. The van der Waals surface area contributed by atoms with E-state index in [9.17, 15) is 4.79 Å². The molecular formula is C16H13ClN2O. The standard InChI is InChI=1S/C16H13ClN2O/c1-9-2-3-13-14(8-19-15(13)4-9)16(20)10-5-11(17)7-12(18)6-10/h2-8,19H,18H2,1H3. The zero-order valence-corrected chi connectivity index (χ0v) is 11.7. The Bertz CT molecular complexity index is 800. The normalized spacial score (nSPS) is 10.9. The van der Waals surface area contributed by atoms with Crippen LogP contribution in [0.25, 0.3) is 10.9 Å². The molecule has 0 bridgehead atoms. The van der Waals surface area contributed by atoms with Crippen LogP contribution in [0.2, 0.25) is 5.02 Å². The topological polar surface area (TPSA) is 58.9 Å². The number of nitrogen functional groups attached to an aromatic ring is 1. The summed E-state index contributed by atoms with van der Waals surface area (Å²) in [5.74, 6) is -0.0886. The highest BCUT2D eigenvalue weighted by atomic mass is 35.5. The van der Waals surface area contributed by atoms with E-state index in [0.29, 0.717) is 21.8 Å². The van der Waals surface area contributed by atoms with E-state index in [0.717, 1.165) is 16.5 Å². The molecule has 20 heavy (non-hydrogen) atoms. The quantitative estimate of drug-likeness (QED) is 0.553. The van der Waals surface area contributed by atoms with Gasteiger partial charge in [0, 0.05) is 38.9 Å². The Morgan fingerprint density at radius 1 is 1.20 bits per heavy atom. The Balaban J connectivity index is 2.12. The number of nitrogens with one attached hydrogen (secondary N) is 1. The van der Waals surface area contributed by atoms with Crippen LogP contribution >= 0.6 is 11.6 Å². The number of aromatic amines is 1. The monoisotopic (exact) mass is 284 g/mol. The smallest absolute Gasteiger partial charge is 0.195 e. The van der Waals surface area contributed by atoms with Crippen molar-refractivity contribution < 1.29 is 4.79 Å². The molecule has 3 rings (SSSR count). The van der Waals surface area contributed by atoms with Crippen LogP contribution in [0.4, 0.5) is 5.69 Å². The van der Waals surface area contributed by atoms with Crippen LogP contribution < -0.4 is 5.73 Å². The Labute approximate surface area is 121 Å². The lowest BCUT2D eigenvalue weighted by atomic mass is 10.0. The number of aryl methyl sites for hydroxylation is 1. The van der Waals surface area contributed by atoms with Crippen LogP contribution in [0.3, 0.4) is 0 Å². The third-order valence-corrected chi connectivity index (χ3v) is 3.48. The van der Waals surface area contributed by atoms with Gasteiger partial charge in [-0.2, -0.15) is 0 Å². The summed E-state index contributed by atoms with van der Waals surface area (Å²) in [5, 5.41) is 1.36. The molecule has 0 aliphatic carbocycles. The van der Waals surface area contributed by atoms with Gasteiger partial charge in [-0.15, -0.1) is 0 Å². The molecule has 0 aliphatic rings. The number of rotatable bonds is 2. The first kappa shape index (κ1) is 12.8. The summed E-state index contributed by atoms with van der Waals surface area (Å²) in [6.45, 7) is 2.01. The van der Waals surface area contributed by atoms with E-state index in [1.54, 1.807) is 24.4 Å². The van der Waals surface area contributed by atoms with E-state index in [2.05, 4.69) is 4.98 Å². The van der Waals surface area contributed by atoms with Crippen molar-refractivity contribution in [3.63, 3.8) is 0 Å². The minimum Gasteiger partial charge on any atom is -0.399 e. The fourth-order valence-corrected chi connectivity index (χ4v) is 2.57. The molecule has 0 amide bonds. The second-order valence-corrected chi connectivity index (χ2v) is 5.29. The number of nitrogens with two attached hydrogens (primary N) is 1. The van der Waals surface area contributed by atoms with Gasteiger partial charge in [-0.1, -0.05) is 23.7 Å². The first-order valence-electron chi connectivity index (χ1n) is 6.23. The van der Waals surface area contributed by atoms with Crippen LogP contribution in [0.15, 0.2) is 42.6 Å². The third-order valence-electron chi connectivity index (χ3n) is 3.26. The molecule has 1 aromatic heterocycles. The number of H-pyrrole nitrogens is 1. The molecule has 0 saturated heterocycles. The van der Waals surface area contributed by atoms with Crippen LogP contribution in [0.1, 0.15) is 21.5 Å². The van der Waals surface area contributed by atoms with E-state index >= 15 is 0 Å². The Hall–Kier alpha value is -2.26. The largest absolute Gasteiger partial charge is 0.399 e. The number of carbonyl (C=O) groups is 1. The van der Waals surface area contributed by atoms with Crippen molar-refractivity contribution in [3.8, 4) is 0 Å². The van der Waals surface area contributed by atoms with Gasteiger partial charge in [-0.25, -0.2) is 0 Å². The zero-order chi connectivity index (χ0) is 14.3. The van der Waals surface area contributed by atoms with Gasteiger partial charge in [0.05, 0.1) is 0 Å². The summed E-state index contributed by atoms with van der Waals surface area (Å²) in [6, 6.07) is 10.8. The molecule has 0 saturated carbocycles. The number of anilines is 1. The van der Waals surface area contributed by atoms with Gasteiger partial charge in [0.25, 0.3) is 0 Å². The van der Waals surface area contributed by atoms with Crippen molar-refractivity contribution >= 4 is 34.0 Å². The van der Waals surface area contributed by atoms with Crippen LogP contribution in [0, 0.1) is 6.92 Å². The highest BCUT2D eigenvalue weighted by molar-refractivity contribution is 6.31. The highest BCUT2D eigenvalue weighted by Crippen LogP contribution is 2.24. The van der Waals surface area contributed by atoms with E-state index in [-0.39, 0.29) is 5.78 Å². The third kappa shape index (κ3) is 2.17. The number of benzene rings is 2. The summed E-state index contributed by atoms with van der Waals surface area (Å²) in [4.78, 5) is 15.7. The maximum absolute atomic E-state index is 12.6. The molecule has 0 fully saturated rings. The number of hydrogen-bond donors (Lipinski definition) is 2. The van der Waals surface area contributed by atoms with Crippen molar-refractivity contribution in [2.45, 2.75) is 6.92 Å². The minimum atomic E-state index is -0.0886. The fourth-order valence-electron chi connectivity index (χ4n) is 2.33. The van der Waals surface area contributed by atoms with Gasteiger partial charge in [0.1, 0.15) is 0 Å². The van der Waals surface area contributed by atoms with Crippen molar-refractivity contribution in [1.29, 1.82) is 0 Å². The second-order valence-electron chi connectivity index (χ2n) is 4.85. The summed E-state index contributed by atoms with van der Waals surface area (Å²) in [6.07, 6.45) is 1.73. The van der Waals surface area contributed by atoms with Gasteiger partial charge < -0.3 is 10.7 Å². The number of fused-ring (bicyclic) bond motifs is 1. The molecule has 0 unspecified atom stereocenters. The van der Waals surface area contributed by atoms with E-state index in [4.69, 9.17) is 17.3 Å². The predicted octanol–water partition coefficient (Wildman–Crippen LogP) is 3.94. The average molecular weight is 285 g/mol. The van der Waals surface area contributed by atoms with E-state index in [1.807, 2.05) is 25.1 Å². The van der Waals surface area contributed by atoms with Gasteiger partial charge in [-0.3, -0.25) is 4.79 Å². The van der Waals surface area contributed by atoms with E-state index < -0.39 is 0 Å². The Morgan fingerprint density at radius 2 is 2.00 bits per heavy atom. The molecule has 1 heterocycles. The van der Waals surface area contributed by atoms with Crippen LogP contribution in [-0.2, 0) is 0 Å². The lowest BCUT2D eigenvalue weighted by Crippen LogP contribution is -2.01. The summed E-state index contributed by atoms with van der Waals surface area (Å²) >= 11 is 5.95. The number of carbonyl (C=O) groups excluding carboxylic acids is 1. The number of ketones is 1. The van der Waals surface area contributed by atoms with Crippen molar-refractivity contribution in [2.24, 2.45) is 0 Å². The Kier molecular flexibility index (Phi) is 2.99. The van der Waals surface area contributed by atoms with Gasteiger partial charge >= 0.3 is 0 Å². The summed E-state index contributed by atoms with van der Waals surface area (Å²) in [7, 11) is 0. The van der Waals surface area contributed by atoms with Crippen LogP contribution in [0.5, 0.6) is 0 Å². The maximum atomic E-state index is 12.6. The molecule has 0 spiro atoms. The minimum absolute atomic E-state index is 0.0886. The first-order valence-corrected chi connectivity index (χ1v) is 6.61. The van der Waals surface area contributed by atoms with Crippen molar-refractivity contribution in [1.82, 2.24) is 4.98 Å². The number of hydrogen-bond acceptors (Lipinski definition) is 2.